The molecule has 0 amide bonds. The number of halogens is 1. The molecular weight excluding hydrogens is 269 g/mol. The van der Waals surface area contributed by atoms with E-state index in [0.29, 0.717) is 24.4 Å². The number of rotatable bonds is 7. The van der Waals surface area contributed by atoms with Crippen molar-refractivity contribution in [2.24, 2.45) is 10.9 Å². The van der Waals surface area contributed by atoms with Gasteiger partial charge in [0.1, 0.15) is 5.82 Å². The van der Waals surface area contributed by atoms with Gasteiger partial charge in [0.25, 0.3) is 0 Å². The first kappa shape index (κ1) is 15.6. The Bertz CT molecular complexity index is 480. The van der Waals surface area contributed by atoms with E-state index in [-0.39, 0.29) is 11.4 Å². The van der Waals surface area contributed by atoms with E-state index in [0.717, 1.165) is 6.42 Å². The van der Waals surface area contributed by atoms with Gasteiger partial charge >= 0.3 is 0 Å². The third-order valence-corrected chi connectivity index (χ3v) is 3.43. The van der Waals surface area contributed by atoms with Crippen LogP contribution in [0.3, 0.4) is 0 Å². The van der Waals surface area contributed by atoms with E-state index in [2.05, 4.69) is 10.5 Å². The van der Waals surface area contributed by atoms with Crippen LogP contribution in [0.5, 0.6) is 0 Å². The second kappa shape index (κ2) is 7.85. The predicted octanol–water partition coefficient (Wildman–Crippen LogP) is 0.778. The van der Waals surface area contributed by atoms with E-state index in [1.54, 1.807) is 18.4 Å². The molecule has 0 spiro atoms. The van der Waals surface area contributed by atoms with Crippen LogP contribution in [0.15, 0.2) is 23.4 Å². The highest BCUT2D eigenvalue weighted by Gasteiger charge is 2.10. The summed E-state index contributed by atoms with van der Waals surface area (Å²) in [5.41, 5.74) is 5.91. The number of hydrogen-bond donors (Lipinski definition) is 3. The predicted molar refractivity (Wildman–Crippen MR) is 74.2 cm³/mol. The fourth-order valence-corrected chi connectivity index (χ4v) is 2.14. The number of nitrogens with zero attached hydrogens (tertiary/aromatic N) is 1. The zero-order valence-corrected chi connectivity index (χ0v) is 11.5. The number of amidine groups is 1. The van der Waals surface area contributed by atoms with Gasteiger partial charge in [-0.3, -0.25) is 4.21 Å². The quantitative estimate of drug-likeness (QED) is 0.227. The third kappa shape index (κ3) is 4.96. The second-order valence-electron chi connectivity index (χ2n) is 4.07. The van der Waals surface area contributed by atoms with Crippen molar-refractivity contribution in [3.05, 3.63) is 35.1 Å². The van der Waals surface area contributed by atoms with Gasteiger partial charge in [-0.05, 0) is 19.0 Å². The maximum Gasteiger partial charge on any atom is 0.173 e. The normalized spacial score (nSPS) is 13.5. The van der Waals surface area contributed by atoms with Crippen molar-refractivity contribution < 1.29 is 13.8 Å². The van der Waals surface area contributed by atoms with E-state index in [4.69, 9.17) is 10.9 Å². The van der Waals surface area contributed by atoms with Crippen molar-refractivity contribution >= 4 is 16.6 Å². The van der Waals surface area contributed by atoms with Gasteiger partial charge in [-0.25, -0.2) is 4.39 Å². The summed E-state index contributed by atoms with van der Waals surface area (Å²) < 4.78 is 24.8. The Labute approximate surface area is 114 Å². The maximum absolute atomic E-state index is 14.0. The standard InChI is InChI=1S/C12H18FN3O2S/c1-19(18)7-3-6-15-8-9-4-2-5-10(11(9)13)12(14)16-17/h2,4-5,15,17H,3,6-8H2,1H3,(H2,14,16). The Morgan fingerprint density at radius 1 is 1.58 bits per heavy atom. The fraction of sp³-hybridized carbons (Fsp3) is 0.417. The summed E-state index contributed by atoms with van der Waals surface area (Å²) in [4.78, 5) is 0. The Kier molecular flexibility index (Phi) is 6.44. The van der Waals surface area contributed by atoms with Crippen LogP contribution in [0.25, 0.3) is 0 Å². The molecule has 0 aliphatic rings. The molecule has 106 valence electrons. The van der Waals surface area contributed by atoms with Crippen LogP contribution >= 0.6 is 0 Å². The van der Waals surface area contributed by atoms with Crippen molar-refractivity contribution in [2.75, 3.05) is 18.6 Å². The summed E-state index contributed by atoms with van der Waals surface area (Å²) in [5, 5.41) is 14.4. The van der Waals surface area contributed by atoms with E-state index < -0.39 is 16.6 Å². The largest absolute Gasteiger partial charge is 0.409 e. The minimum absolute atomic E-state index is 0.0801. The summed E-state index contributed by atoms with van der Waals surface area (Å²) >= 11 is 0. The Morgan fingerprint density at radius 3 is 2.95 bits per heavy atom. The molecule has 1 aromatic rings. The molecule has 0 radical (unpaired) electrons. The monoisotopic (exact) mass is 287 g/mol. The summed E-state index contributed by atoms with van der Waals surface area (Å²) in [6.07, 6.45) is 2.42. The maximum atomic E-state index is 14.0. The molecule has 0 aromatic heterocycles. The fourth-order valence-electron chi connectivity index (χ4n) is 1.59. The number of hydrogen-bond acceptors (Lipinski definition) is 4. The molecule has 1 unspecified atom stereocenters. The molecule has 4 N–H and O–H groups in total. The summed E-state index contributed by atoms with van der Waals surface area (Å²) in [6.45, 7) is 1.00. The SMILES string of the molecule is CS(=O)CCCNCc1cccc(/C(N)=N/O)c1F. The molecule has 0 bridgehead atoms. The van der Waals surface area contributed by atoms with Crippen molar-refractivity contribution in [3.63, 3.8) is 0 Å². The number of oxime groups is 1. The van der Waals surface area contributed by atoms with Gasteiger partial charge in [-0.1, -0.05) is 17.3 Å². The zero-order chi connectivity index (χ0) is 14.3. The lowest BCUT2D eigenvalue weighted by molar-refractivity contribution is 0.318. The highest BCUT2D eigenvalue weighted by Crippen LogP contribution is 2.12. The van der Waals surface area contributed by atoms with Gasteiger partial charge in [-0.15, -0.1) is 0 Å². The summed E-state index contributed by atoms with van der Waals surface area (Å²) in [7, 11) is -0.803. The second-order valence-corrected chi connectivity index (χ2v) is 5.63. The van der Waals surface area contributed by atoms with E-state index in [1.807, 2.05) is 0 Å². The molecule has 1 aromatic carbocycles. The summed E-state index contributed by atoms with van der Waals surface area (Å²) in [6, 6.07) is 4.73. The van der Waals surface area contributed by atoms with Gasteiger partial charge in [0, 0.05) is 34.9 Å². The van der Waals surface area contributed by atoms with E-state index in [1.165, 1.54) is 6.07 Å². The average molecular weight is 287 g/mol. The smallest absolute Gasteiger partial charge is 0.173 e. The highest BCUT2D eigenvalue weighted by molar-refractivity contribution is 7.84. The van der Waals surface area contributed by atoms with Crippen molar-refractivity contribution in [2.45, 2.75) is 13.0 Å². The highest BCUT2D eigenvalue weighted by atomic mass is 32.2. The first-order valence-electron chi connectivity index (χ1n) is 5.82. The van der Waals surface area contributed by atoms with Crippen LogP contribution in [0.2, 0.25) is 0 Å². The van der Waals surface area contributed by atoms with Gasteiger partial charge in [0.15, 0.2) is 5.84 Å². The Hall–Kier alpha value is -1.47. The van der Waals surface area contributed by atoms with Crippen LogP contribution < -0.4 is 11.1 Å². The average Bonchev–Trinajstić information content (AvgIpc) is 2.39. The van der Waals surface area contributed by atoms with E-state index in [9.17, 15) is 8.60 Å². The Morgan fingerprint density at radius 2 is 2.32 bits per heavy atom. The topological polar surface area (TPSA) is 87.7 Å². The molecule has 0 heterocycles. The van der Waals surface area contributed by atoms with Gasteiger partial charge in [-0.2, -0.15) is 0 Å². The molecule has 7 heteroatoms. The van der Waals surface area contributed by atoms with Gasteiger partial charge in [0.05, 0.1) is 5.56 Å². The van der Waals surface area contributed by atoms with E-state index >= 15 is 0 Å². The van der Waals surface area contributed by atoms with Crippen LogP contribution in [0.1, 0.15) is 17.5 Å². The van der Waals surface area contributed by atoms with Crippen LogP contribution in [-0.4, -0.2) is 33.8 Å². The summed E-state index contributed by atoms with van der Waals surface area (Å²) in [5.74, 6) is -0.121. The first-order valence-corrected chi connectivity index (χ1v) is 7.55. The lowest BCUT2D eigenvalue weighted by Gasteiger charge is -2.08. The molecular formula is C12H18FN3O2S. The minimum Gasteiger partial charge on any atom is -0.409 e. The van der Waals surface area contributed by atoms with Crippen LogP contribution in [0.4, 0.5) is 4.39 Å². The molecule has 0 saturated heterocycles. The third-order valence-electron chi connectivity index (χ3n) is 2.56. The minimum atomic E-state index is -0.803. The molecule has 5 nitrogen and oxygen atoms in total. The molecule has 0 aliphatic carbocycles. The number of nitrogens with one attached hydrogen (secondary N) is 1. The lowest BCUT2D eigenvalue weighted by Crippen LogP contribution is -2.20. The van der Waals surface area contributed by atoms with Gasteiger partial charge in [0.2, 0.25) is 0 Å². The van der Waals surface area contributed by atoms with Crippen molar-refractivity contribution in [1.82, 2.24) is 5.32 Å². The Balaban J connectivity index is 2.57. The molecule has 19 heavy (non-hydrogen) atoms. The number of benzene rings is 1. The van der Waals surface area contributed by atoms with Crippen LogP contribution in [-0.2, 0) is 17.3 Å². The molecule has 1 rings (SSSR count). The van der Waals surface area contributed by atoms with Crippen molar-refractivity contribution in [3.8, 4) is 0 Å². The molecule has 0 saturated carbocycles. The van der Waals surface area contributed by atoms with Crippen LogP contribution in [0, 0.1) is 5.82 Å². The van der Waals surface area contributed by atoms with Gasteiger partial charge < -0.3 is 16.3 Å². The molecule has 1 atom stereocenters. The zero-order valence-electron chi connectivity index (χ0n) is 10.7. The molecule has 0 fully saturated rings. The first-order chi connectivity index (χ1) is 9.06. The molecule has 0 aliphatic heterocycles. The van der Waals surface area contributed by atoms with Crippen molar-refractivity contribution in [1.29, 1.82) is 0 Å². The lowest BCUT2D eigenvalue weighted by atomic mass is 10.1. The number of nitrogens with two attached hydrogens (primary N) is 1.